The lowest BCUT2D eigenvalue weighted by atomic mass is 9.95. The molecule has 0 radical (unpaired) electrons. The zero-order valence-electron chi connectivity index (χ0n) is 11.0. The second-order valence-electron chi connectivity index (χ2n) is 4.83. The minimum atomic E-state index is 0.220. The van der Waals surface area contributed by atoms with Gasteiger partial charge in [0.1, 0.15) is 19.0 Å². The number of halogens is 1. The Kier molecular flexibility index (Phi) is 3.71. The van der Waals surface area contributed by atoms with E-state index in [9.17, 15) is 0 Å². The smallest absolute Gasteiger partial charge is 0.169 e. The van der Waals surface area contributed by atoms with Gasteiger partial charge in [-0.2, -0.15) is 0 Å². The molecule has 1 saturated heterocycles. The molecule has 1 N–H and O–H groups in total. The second kappa shape index (κ2) is 5.47. The molecule has 3 rings (SSSR count). The average Bonchev–Trinajstić information content (AvgIpc) is 2.46. The van der Waals surface area contributed by atoms with Crippen molar-refractivity contribution in [3.8, 4) is 17.2 Å². The fourth-order valence-corrected chi connectivity index (χ4v) is 3.06. The van der Waals surface area contributed by atoms with Crippen LogP contribution in [0, 0.1) is 0 Å². The van der Waals surface area contributed by atoms with E-state index < -0.39 is 0 Å². The second-order valence-corrected chi connectivity index (χ2v) is 5.24. The molecule has 104 valence electrons. The van der Waals surface area contributed by atoms with Gasteiger partial charge < -0.3 is 19.5 Å². The van der Waals surface area contributed by atoms with E-state index in [2.05, 4.69) is 5.32 Å². The third-order valence-electron chi connectivity index (χ3n) is 3.64. The van der Waals surface area contributed by atoms with Crippen LogP contribution in [0.3, 0.4) is 0 Å². The van der Waals surface area contributed by atoms with Crippen LogP contribution in [0.5, 0.6) is 17.2 Å². The quantitative estimate of drug-likeness (QED) is 0.906. The van der Waals surface area contributed by atoms with Crippen molar-refractivity contribution in [2.24, 2.45) is 0 Å². The lowest BCUT2D eigenvalue weighted by molar-refractivity contribution is 0.166. The number of hydrogen-bond acceptors (Lipinski definition) is 4. The van der Waals surface area contributed by atoms with Crippen molar-refractivity contribution in [3.63, 3.8) is 0 Å². The summed E-state index contributed by atoms with van der Waals surface area (Å²) in [4.78, 5) is 0. The van der Waals surface area contributed by atoms with Gasteiger partial charge in [0.05, 0.1) is 17.7 Å². The number of fused-ring (bicyclic) bond motifs is 1. The Morgan fingerprint density at radius 3 is 2.89 bits per heavy atom. The summed E-state index contributed by atoms with van der Waals surface area (Å²) in [6.45, 7) is 2.14. The summed E-state index contributed by atoms with van der Waals surface area (Å²) in [5.74, 6) is 2.21. The average molecular weight is 284 g/mol. The Bertz CT molecular complexity index is 472. The molecule has 19 heavy (non-hydrogen) atoms. The molecule has 0 amide bonds. The summed E-state index contributed by atoms with van der Waals surface area (Å²) in [5, 5.41) is 4.09. The Hall–Kier alpha value is -1.13. The normalized spacial score (nSPS) is 22.1. The Labute approximate surface area is 118 Å². The van der Waals surface area contributed by atoms with Gasteiger partial charge in [-0.1, -0.05) is 18.0 Å². The molecular formula is C14H18ClNO3. The number of ether oxygens (including phenoxy) is 3. The van der Waals surface area contributed by atoms with Gasteiger partial charge in [0, 0.05) is 12.1 Å². The van der Waals surface area contributed by atoms with Crippen molar-refractivity contribution in [1.29, 1.82) is 0 Å². The molecule has 0 saturated carbocycles. The standard InChI is InChI=1S/C14H18ClNO3/c1-17-13-9(15)8-11-14(19-7-6-18-11)12(13)10-4-2-3-5-16-10/h8,10,16H,2-7H2,1H3. The summed E-state index contributed by atoms with van der Waals surface area (Å²) in [5.41, 5.74) is 1.00. The van der Waals surface area contributed by atoms with Crippen molar-refractivity contribution >= 4 is 11.6 Å². The summed E-state index contributed by atoms with van der Waals surface area (Å²) in [6, 6.07) is 2.00. The van der Waals surface area contributed by atoms with Gasteiger partial charge in [0.15, 0.2) is 11.5 Å². The first-order chi connectivity index (χ1) is 9.31. The molecule has 2 heterocycles. The van der Waals surface area contributed by atoms with E-state index in [-0.39, 0.29) is 6.04 Å². The van der Waals surface area contributed by atoms with Gasteiger partial charge in [-0.05, 0) is 19.4 Å². The molecule has 1 unspecified atom stereocenters. The van der Waals surface area contributed by atoms with Crippen molar-refractivity contribution in [3.05, 3.63) is 16.7 Å². The van der Waals surface area contributed by atoms with Gasteiger partial charge in [0.25, 0.3) is 0 Å². The van der Waals surface area contributed by atoms with Crippen LogP contribution in [0.15, 0.2) is 6.07 Å². The van der Waals surface area contributed by atoms with Crippen LogP contribution >= 0.6 is 11.6 Å². The summed E-state index contributed by atoms with van der Waals surface area (Å²) < 4.78 is 16.9. The van der Waals surface area contributed by atoms with E-state index in [1.807, 2.05) is 0 Å². The highest BCUT2D eigenvalue weighted by molar-refractivity contribution is 6.32. The van der Waals surface area contributed by atoms with Crippen LogP contribution in [0.4, 0.5) is 0 Å². The number of nitrogens with one attached hydrogen (secondary N) is 1. The predicted octanol–water partition coefficient (Wildman–Crippen LogP) is 2.93. The van der Waals surface area contributed by atoms with Gasteiger partial charge in [-0.15, -0.1) is 0 Å². The first-order valence-electron chi connectivity index (χ1n) is 6.70. The number of piperidine rings is 1. The highest BCUT2D eigenvalue weighted by Crippen LogP contribution is 2.48. The molecule has 1 aromatic rings. The van der Waals surface area contributed by atoms with Crippen LogP contribution < -0.4 is 19.5 Å². The number of methoxy groups -OCH3 is 1. The molecule has 0 spiro atoms. The molecule has 0 bridgehead atoms. The minimum absolute atomic E-state index is 0.220. The van der Waals surface area contributed by atoms with Gasteiger partial charge in [-0.3, -0.25) is 0 Å². The van der Waals surface area contributed by atoms with Crippen LogP contribution in [-0.2, 0) is 0 Å². The zero-order chi connectivity index (χ0) is 13.2. The third-order valence-corrected chi connectivity index (χ3v) is 3.92. The van der Waals surface area contributed by atoms with E-state index >= 15 is 0 Å². The molecule has 0 aromatic heterocycles. The Morgan fingerprint density at radius 1 is 1.32 bits per heavy atom. The van der Waals surface area contributed by atoms with Gasteiger partial charge in [-0.25, -0.2) is 0 Å². The van der Waals surface area contributed by atoms with E-state index in [0.29, 0.717) is 24.0 Å². The SMILES string of the molecule is COc1c(Cl)cc2c(c1C1CCCCN1)OCCO2. The van der Waals surface area contributed by atoms with Crippen molar-refractivity contribution in [2.75, 3.05) is 26.9 Å². The first-order valence-corrected chi connectivity index (χ1v) is 7.08. The van der Waals surface area contributed by atoms with Crippen molar-refractivity contribution < 1.29 is 14.2 Å². The molecule has 1 fully saturated rings. The maximum Gasteiger partial charge on any atom is 0.169 e. The maximum absolute atomic E-state index is 6.30. The number of benzene rings is 1. The largest absolute Gasteiger partial charge is 0.495 e. The predicted molar refractivity (Wildman–Crippen MR) is 73.6 cm³/mol. The van der Waals surface area contributed by atoms with Crippen molar-refractivity contribution in [2.45, 2.75) is 25.3 Å². The summed E-state index contributed by atoms with van der Waals surface area (Å²) in [7, 11) is 1.64. The number of rotatable bonds is 2. The van der Waals surface area contributed by atoms with E-state index in [4.69, 9.17) is 25.8 Å². The van der Waals surface area contributed by atoms with E-state index in [0.717, 1.165) is 30.0 Å². The van der Waals surface area contributed by atoms with E-state index in [1.54, 1.807) is 13.2 Å². The Morgan fingerprint density at radius 2 is 2.16 bits per heavy atom. The molecule has 2 aliphatic rings. The van der Waals surface area contributed by atoms with Crippen LogP contribution in [-0.4, -0.2) is 26.9 Å². The van der Waals surface area contributed by atoms with Crippen LogP contribution in [0.1, 0.15) is 30.9 Å². The van der Waals surface area contributed by atoms with Crippen LogP contribution in [0.25, 0.3) is 0 Å². The summed E-state index contributed by atoms with van der Waals surface area (Å²) >= 11 is 6.30. The maximum atomic E-state index is 6.30. The molecule has 1 atom stereocenters. The third kappa shape index (κ3) is 2.35. The molecule has 5 heteroatoms. The first kappa shape index (κ1) is 12.9. The van der Waals surface area contributed by atoms with Crippen molar-refractivity contribution in [1.82, 2.24) is 5.32 Å². The summed E-state index contributed by atoms with van der Waals surface area (Å²) in [6.07, 6.45) is 3.47. The van der Waals surface area contributed by atoms with Gasteiger partial charge in [0.2, 0.25) is 0 Å². The Balaban J connectivity index is 2.09. The topological polar surface area (TPSA) is 39.7 Å². The zero-order valence-corrected chi connectivity index (χ0v) is 11.8. The monoisotopic (exact) mass is 283 g/mol. The molecule has 4 nitrogen and oxygen atoms in total. The molecule has 0 aliphatic carbocycles. The number of hydrogen-bond donors (Lipinski definition) is 1. The highest BCUT2D eigenvalue weighted by Gasteiger charge is 2.29. The molecule has 2 aliphatic heterocycles. The molecular weight excluding hydrogens is 266 g/mol. The fraction of sp³-hybridized carbons (Fsp3) is 0.571. The molecule has 1 aromatic carbocycles. The highest BCUT2D eigenvalue weighted by atomic mass is 35.5. The fourth-order valence-electron chi connectivity index (χ4n) is 2.78. The van der Waals surface area contributed by atoms with Crippen LogP contribution in [0.2, 0.25) is 5.02 Å². The lowest BCUT2D eigenvalue weighted by Crippen LogP contribution is -2.28. The lowest BCUT2D eigenvalue weighted by Gasteiger charge is -2.30. The van der Waals surface area contributed by atoms with Gasteiger partial charge >= 0.3 is 0 Å². The van der Waals surface area contributed by atoms with E-state index in [1.165, 1.54) is 12.8 Å². The minimum Gasteiger partial charge on any atom is -0.495 e.